The molecule has 1 aliphatic rings. The molecule has 0 saturated carbocycles. The first-order valence-electron chi connectivity index (χ1n) is 8.54. The number of carbonyl (C=O) groups is 2. The van der Waals surface area contributed by atoms with Crippen LogP contribution in [0.25, 0.3) is 0 Å². The van der Waals surface area contributed by atoms with Gasteiger partial charge in [-0.2, -0.15) is 0 Å². The number of nitrogens with zero attached hydrogens (tertiary/aromatic N) is 3. The Kier molecular flexibility index (Phi) is 5.84. The predicted octanol–water partition coefficient (Wildman–Crippen LogP) is 2.66. The zero-order chi connectivity index (χ0) is 20.3. The molecule has 3 rings (SSSR count). The van der Waals surface area contributed by atoms with Crippen LogP contribution < -0.4 is 4.90 Å². The van der Waals surface area contributed by atoms with Crippen molar-refractivity contribution in [2.45, 2.75) is 6.92 Å². The second-order valence-corrected chi connectivity index (χ2v) is 6.66. The summed E-state index contributed by atoms with van der Waals surface area (Å²) in [5.74, 6) is -0.509. The van der Waals surface area contributed by atoms with Gasteiger partial charge >= 0.3 is 5.97 Å². The van der Waals surface area contributed by atoms with E-state index in [4.69, 9.17) is 20.8 Å². The molecule has 0 spiro atoms. The number of ether oxygens (including phenoxy) is 1. The SMILES string of the molecule is Cc1occc1C(=O)OCC(=O)N1CCN(c2ccc(Cl)cc2[N+](=O)[O-])CC1. The number of aryl methyl sites for hydroxylation is 1. The first-order valence-corrected chi connectivity index (χ1v) is 8.92. The van der Waals surface area contributed by atoms with E-state index in [1.165, 1.54) is 18.4 Å². The Hall–Kier alpha value is -3.07. The number of amides is 1. The number of nitro benzene ring substituents is 1. The van der Waals surface area contributed by atoms with Gasteiger partial charge in [0.25, 0.3) is 11.6 Å². The molecule has 0 radical (unpaired) electrons. The highest BCUT2D eigenvalue weighted by Crippen LogP contribution is 2.31. The third-order valence-electron chi connectivity index (χ3n) is 4.51. The Balaban J connectivity index is 1.55. The number of hydrogen-bond acceptors (Lipinski definition) is 7. The average Bonchev–Trinajstić information content (AvgIpc) is 3.12. The lowest BCUT2D eigenvalue weighted by Crippen LogP contribution is -2.50. The molecule has 0 aliphatic carbocycles. The number of hydrogen-bond donors (Lipinski definition) is 0. The number of nitro groups is 1. The summed E-state index contributed by atoms with van der Waals surface area (Å²) in [5, 5.41) is 11.6. The molecule has 0 N–H and O–H groups in total. The molecular weight excluding hydrogens is 390 g/mol. The number of rotatable bonds is 5. The zero-order valence-corrected chi connectivity index (χ0v) is 15.8. The van der Waals surface area contributed by atoms with Crippen molar-refractivity contribution in [2.75, 3.05) is 37.7 Å². The van der Waals surface area contributed by atoms with Crippen LogP contribution in [-0.2, 0) is 9.53 Å². The van der Waals surface area contributed by atoms with Crippen molar-refractivity contribution >= 4 is 34.9 Å². The molecule has 2 aromatic rings. The first-order chi connectivity index (χ1) is 13.4. The van der Waals surface area contributed by atoms with Gasteiger partial charge in [-0.15, -0.1) is 0 Å². The Labute approximate surface area is 165 Å². The summed E-state index contributed by atoms with van der Waals surface area (Å²) >= 11 is 5.85. The third-order valence-corrected chi connectivity index (χ3v) is 4.75. The molecule has 1 aromatic heterocycles. The fourth-order valence-corrected chi connectivity index (χ4v) is 3.17. The number of anilines is 1. The Bertz CT molecular complexity index is 904. The summed E-state index contributed by atoms with van der Waals surface area (Å²) in [6.07, 6.45) is 1.38. The van der Waals surface area contributed by atoms with Crippen LogP contribution in [0.2, 0.25) is 5.02 Å². The highest BCUT2D eigenvalue weighted by Gasteiger charge is 2.26. The molecule has 1 amide bonds. The average molecular weight is 408 g/mol. The fourth-order valence-electron chi connectivity index (χ4n) is 3.00. The van der Waals surface area contributed by atoms with Crippen molar-refractivity contribution < 1.29 is 23.7 Å². The lowest BCUT2D eigenvalue weighted by atomic mass is 10.2. The summed E-state index contributed by atoms with van der Waals surface area (Å²) in [4.78, 5) is 38.4. The molecule has 1 fully saturated rings. The number of piperazine rings is 1. The second kappa shape index (κ2) is 8.30. The number of furan rings is 1. The summed E-state index contributed by atoms with van der Waals surface area (Å²) in [6.45, 7) is 2.83. The van der Waals surface area contributed by atoms with Gasteiger partial charge in [-0.05, 0) is 25.1 Å². The van der Waals surface area contributed by atoms with Gasteiger partial charge in [-0.1, -0.05) is 11.6 Å². The molecule has 28 heavy (non-hydrogen) atoms. The van der Waals surface area contributed by atoms with Gasteiger partial charge in [0.05, 0.1) is 11.2 Å². The van der Waals surface area contributed by atoms with Crippen LogP contribution >= 0.6 is 11.6 Å². The van der Waals surface area contributed by atoms with Crippen molar-refractivity contribution in [3.8, 4) is 0 Å². The summed E-state index contributed by atoms with van der Waals surface area (Å²) in [5.41, 5.74) is 0.674. The van der Waals surface area contributed by atoms with Crippen LogP contribution in [0.4, 0.5) is 11.4 Å². The maximum Gasteiger partial charge on any atom is 0.342 e. The molecule has 10 heteroatoms. The highest BCUT2D eigenvalue weighted by molar-refractivity contribution is 6.30. The molecule has 1 aliphatic heterocycles. The van der Waals surface area contributed by atoms with Crippen LogP contribution in [0.1, 0.15) is 16.1 Å². The molecule has 1 saturated heterocycles. The van der Waals surface area contributed by atoms with E-state index in [-0.39, 0.29) is 23.8 Å². The van der Waals surface area contributed by atoms with Crippen molar-refractivity contribution in [3.05, 3.63) is 57.0 Å². The van der Waals surface area contributed by atoms with E-state index in [9.17, 15) is 19.7 Å². The topological polar surface area (TPSA) is 106 Å². The minimum absolute atomic E-state index is 0.0725. The Morgan fingerprint density at radius 1 is 1.25 bits per heavy atom. The number of halogens is 1. The monoisotopic (exact) mass is 407 g/mol. The van der Waals surface area contributed by atoms with Gasteiger partial charge in [-0.3, -0.25) is 14.9 Å². The maximum absolute atomic E-state index is 12.3. The van der Waals surface area contributed by atoms with E-state index in [0.717, 1.165) is 0 Å². The van der Waals surface area contributed by atoms with Crippen molar-refractivity contribution in [2.24, 2.45) is 0 Å². The Morgan fingerprint density at radius 3 is 2.57 bits per heavy atom. The predicted molar refractivity (Wildman–Crippen MR) is 101 cm³/mol. The van der Waals surface area contributed by atoms with Crippen LogP contribution in [0.5, 0.6) is 0 Å². The molecule has 1 aromatic carbocycles. The van der Waals surface area contributed by atoms with E-state index in [0.29, 0.717) is 42.6 Å². The van der Waals surface area contributed by atoms with Gasteiger partial charge in [-0.25, -0.2) is 4.79 Å². The van der Waals surface area contributed by atoms with Crippen molar-refractivity contribution in [3.63, 3.8) is 0 Å². The zero-order valence-electron chi connectivity index (χ0n) is 15.1. The van der Waals surface area contributed by atoms with Crippen LogP contribution in [0.3, 0.4) is 0 Å². The second-order valence-electron chi connectivity index (χ2n) is 6.22. The van der Waals surface area contributed by atoms with Crippen LogP contribution in [0, 0.1) is 17.0 Å². The molecule has 148 valence electrons. The minimum atomic E-state index is -0.616. The largest absolute Gasteiger partial charge is 0.469 e. The van der Waals surface area contributed by atoms with Gasteiger partial charge in [0.15, 0.2) is 6.61 Å². The fraction of sp³-hybridized carbons (Fsp3) is 0.333. The smallest absolute Gasteiger partial charge is 0.342 e. The Morgan fingerprint density at radius 2 is 1.96 bits per heavy atom. The van der Waals surface area contributed by atoms with E-state index < -0.39 is 10.9 Å². The van der Waals surface area contributed by atoms with Crippen molar-refractivity contribution in [1.82, 2.24) is 4.90 Å². The third kappa shape index (κ3) is 4.25. The molecule has 0 unspecified atom stereocenters. The van der Waals surface area contributed by atoms with Crippen LogP contribution in [0.15, 0.2) is 34.9 Å². The minimum Gasteiger partial charge on any atom is -0.469 e. The van der Waals surface area contributed by atoms with E-state index in [1.807, 2.05) is 4.90 Å². The van der Waals surface area contributed by atoms with Gasteiger partial charge in [0.1, 0.15) is 17.0 Å². The number of carbonyl (C=O) groups excluding carboxylic acids is 2. The first kappa shape index (κ1) is 19.7. The van der Waals surface area contributed by atoms with Crippen LogP contribution in [-0.4, -0.2) is 54.5 Å². The molecule has 0 bridgehead atoms. The summed E-state index contributed by atoms with van der Waals surface area (Å²) in [7, 11) is 0. The van der Waals surface area contributed by atoms with Gasteiger partial charge in [0, 0.05) is 37.3 Å². The van der Waals surface area contributed by atoms with E-state index in [1.54, 1.807) is 24.0 Å². The lowest BCUT2D eigenvalue weighted by molar-refractivity contribution is -0.384. The number of esters is 1. The quantitative estimate of drug-likeness (QED) is 0.426. The standard InChI is InChI=1S/C18H18ClN3O6/c1-12-14(4-9-27-12)18(24)28-11-17(23)21-7-5-20(6-8-21)15-3-2-13(19)10-16(15)22(25)26/h2-4,9-10H,5-8,11H2,1H3. The van der Waals surface area contributed by atoms with Crippen molar-refractivity contribution in [1.29, 1.82) is 0 Å². The normalized spacial score (nSPS) is 14.1. The lowest BCUT2D eigenvalue weighted by Gasteiger charge is -2.35. The summed E-state index contributed by atoms with van der Waals surface area (Å²) in [6, 6.07) is 6.00. The van der Waals surface area contributed by atoms with E-state index in [2.05, 4.69) is 0 Å². The maximum atomic E-state index is 12.3. The highest BCUT2D eigenvalue weighted by atomic mass is 35.5. The number of benzene rings is 1. The van der Waals surface area contributed by atoms with Gasteiger partial charge in [0.2, 0.25) is 0 Å². The molecule has 2 heterocycles. The molecule has 0 atom stereocenters. The summed E-state index contributed by atoms with van der Waals surface area (Å²) < 4.78 is 10.1. The molecular formula is C18H18ClN3O6. The van der Waals surface area contributed by atoms with E-state index >= 15 is 0 Å². The van der Waals surface area contributed by atoms with Gasteiger partial charge < -0.3 is 19.0 Å². The molecule has 9 nitrogen and oxygen atoms in total.